The van der Waals surface area contributed by atoms with Crippen LogP contribution in [0.4, 0.5) is 0 Å². The van der Waals surface area contributed by atoms with Crippen LogP contribution in [-0.4, -0.2) is 13.9 Å². The lowest BCUT2D eigenvalue weighted by molar-refractivity contribution is 0.0791. The van der Waals surface area contributed by atoms with E-state index in [0.717, 1.165) is 17.8 Å². The van der Waals surface area contributed by atoms with E-state index < -0.39 is 8.32 Å². The predicted octanol–water partition coefficient (Wildman–Crippen LogP) is 8.86. The Morgan fingerprint density at radius 3 is 2.59 bits per heavy atom. The van der Waals surface area contributed by atoms with E-state index in [1.165, 1.54) is 44.9 Å². The van der Waals surface area contributed by atoms with Crippen LogP contribution < -0.4 is 0 Å². The largest absolute Gasteiger partial charge is 0.408 e. The Hall–Kier alpha value is 0.137. The van der Waals surface area contributed by atoms with Gasteiger partial charge in [0.05, 0.1) is 5.60 Å². The fourth-order valence-electron chi connectivity index (χ4n) is 6.76. The van der Waals surface area contributed by atoms with Gasteiger partial charge in [-0.3, -0.25) is 0 Å². The molecule has 0 heterocycles. The van der Waals surface area contributed by atoms with Crippen molar-refractivity contribution in [2.75, 3.05) is 0 Å². The van der Waals surface area contributed by atoms with Crippen molar-refractivity contribution in [1.82, 2.24) is 0 Å². The van der Waals surface area contributed by atoms with Gasteiger partial charge in [0.1, 0.15) is 0 Å². The Labute approximate surface area is 190 Å². The van der Waals surface area contributed by atoms with Crippen LogP contribution in [0.2, 0.25) is 18.1 Å². The molecule has 0 aromatic heterocycles. The Bertz CT molecular complexity index is 660. The second-order valence-electron chi connectivity index (χ2n) is 12.5. The monoisotopic (exact) mass is 480 g/mol. The van der Waals surface area contributed by atoms with Crippen LogP contribution in [-0.2, 0) is 4.43 Å². The van der Waals surface area contributed by atoms with E-state index in [9.17, 15) is 0 Å². The average molecular weight is 482 g/mol. The summed E-state index contributed by atoms with van der Waals surface area (Å²) in [6.07, 6.45) is 14.3. The molecule has 0 spiro atoms. The minimum Gasteiger partial charge on any atom is -0.408 e. The van der Waals surface area contributed by atoms with E-state index in [2.05, 4.69) is 87.7 Å². The number of fused-ring (bicyclic) bond motifs is 1. The Morgan fingerprint density at radius 1 is 1.28 bits per heavy atom. The van der Waals surface area contributed by atoms with Crippen molar-refractivity contribution in [1.29, 1.82) is 0 Å². The van der Waals surface area contributed by atoms with Crippen molar-refractivity contribution >= 4 is 24.2 Å². The second-order valence-corrected chi connectivity index (χ2v) is 17.7. The maximum Gasteiger partial charge on any atom is 0.193 e. The molecule has 1 unspecified atom stereocenters. The summed E-state index contributed by atoms with van der Waals surface area (Å²) >= 11 is 3.67. The second kappa shape index (κ2) is 8.24. The zero-order chi connectivity index (χ0) is 21.7. The number of allylic oxidation sites excluding steroid dienone is 2. The minimum absolute atomic E-state index is 0.0633. The molecule has 6 atom stereocenters. The minimum atomic E-state index is -1.75. The third-order valence-electron chi connectivity index (χ3n) is 9.22. The first-order valence-electron chi connectivity index (χ1n) is 12.0. The lowest BCUT2D eigenvalue weighted by atomic mass is 9.61. The zero-order valence-corrected chi connectivity index (χ0v) is 22.9. The highest BCUT2D eigenvalue weighted by Gasteiger charge is 2.51. The Morgan fingerprint density at radius 2 is 1.97 bits per heavy atom. The molecule has 3 heteroatoms. The normalized spacial score (nSPS) is 40.4. The first-order chi connectivity index (χ1) is 13.3. The molecule has 166 valence electrons. The van der Waals surface area contributed by atoms with Gasteiger partial charge in [0, 0.05) is 0 Å². The number of halogens is 1. The van der Waals surface area contributed by atoms with Crippen LogP contribution >= 0.6 is 15.9 Å². The van der Waals surface area contributed by atoms with Gasteiger partial charge in [0.15, 0.2) is 8.32 Å². The van der Waals surface area contributed by atoms with Crippen LogP contribution in [0.15, 0.2) is 22.7 Å². The molecule has 0 aliphatic heterocycles. The van der Waals surface area contributed by atoms with Crippen LogP contribution in [0.25, 0.3) is 0 Å². The standard InChI is InChI=1S/C26H45BrOSi/c1-19(22-11-12-23-21(18-27)10-9-14-26(22,23)6)16-20-13-15-25(5,17-20)28-29(7,8)24(2,3)4/h13,15,18-20,22-23H,9-12,14,16-17H2,1-8H3/t19-,20+,22-,23?,25-,26+/m1/s1. The maximum absolute atomic E-state index is 6.86. The third-order valence-corrected chi connectivity index (χ3v) is 14.4. The van der Waals surface area contributed by atoms with E-state index in [1.54, 1.807) is 5.57 Å². The van der Waals surface area contributed by atoms with E-state index in [0.29, 0.717) is 11.3 Å². The molecular formula is C26H45BrOSi. The summed E-state index contributed by atoms with van der Waals surface area (Å²) in [5.74, 6) is 3.16. The summed E-state index contributed by atoms with van der Waals surface area (Å²) in [5, 5.41) is 0.268. The van der Waals surface area contributed by atoms with E-state index in [1.807, 2.05) is 0 Å². The summed E-state index contributed by atoms with van der Waals surface area (Å²) in [7, 11) is -1.75. The molecule has 2 saturated carbocycles. The molecule has 0 aromatic rings. The van der Waals surface area contributed by atoms with Gasteiger partial charge < -0.3 is 4.43 Å². The lowest BCUT2D eigenvalue weighted by Crippen LogP contribution is -2.47. The van der Waals surface area contributed by atoms with E-state index in [4.69, 9.17) is 4.43 Å². The average Bonchev–Trinajstić information content (AvgIpc) is 3.12. The molecule has 0 N–H and O–H groups in total. The van der Waals surface area contributed by atoms with Gasteiger partial charge in [-0.05, 0) is 104 Å². The van der Waals surface area contributed by atoms with Crippen molar-refractivity contribution in [2.24, 2.45) is 29.1 Å². The molecule has 0 saturated heterocycles. The number of rotatable bonds is 5. The van der Waals surface area contributed by atoms with Gasteiger partial charge in [-0.2, -0.15) is 0 Å². The van der Waals surface area contributed by atoms with Crippen molar-refractivity contribution in [3.05, 3.63) is 22.7 Å². The lowest BCUT2D eigenvalue weighted by Gasteiger charge is -2.45. The molecule has 1 nitrogen and oxygen atoms in total. The van der Waals surface area contributed by atoms with Crippen LogP contribution in [0.1, 0.15) is 86.5 Å². The molecule has 0 aromatic carbocycles. The molecule has 3 rings (SSSR count). The van der Waals surface area contributed by atoms with Gasteiger partial charge in [-0.1, -0.05) is 68.3 Å². The van der Waals surface area contributed by atoms with Gasteiger partial charge in [-0.25, -0.2) is 0 Å². The SMILES string of the molecule is C[C@H](C[C@@H]1C=C[C@@](C)(O[Si](C)(C)C(C)(C)C)C1)[C@H]1CCC2C(=CBr)CCC[C@]21C. The highest BCUT2D eigenvalue weighted by atomic mass is 79.9. The number of hydrogen-bond acceptors (Lipinski definition) is 1. The summed E-state index contributed by atoms with van der Waals surface area (Å²) in [5.41, 5.74) is 2.14. The summed E-state index contributed by atoms with van der Waals surface area (Å²) in [4.78, 5) is 2.26. The number of hydrogen-bond donors (Lipinski definition) is 0. The first-order valence-corrected chi connectivity index (χ1v) is 15.8. The molecule has 3 aliphatic carbocycles. The fourth-order valence-corrected chi connectivity index (χ4v) is 8.93. The highest BCUT2D eigenvalue weighted by Crippen LogP contribution is 2.60. The molecule has 29 heavy (non-hydrogen) atoms. The van der Waals surface area contributed by atoms with E-state index >= 15 is 0 Å². The van der Waals surface area contributed by atoms with Crippen molar-refractivity contribution in [3.8, 4) is 0 Å². The molecule has 3 aliphatic rings. The quantitative estimate of drug-likeness (QED) is 0.281. The maximum atomic E-state index is 6.86. The van der Waals surface area contributed by atoms with Crippen molar-refractivity contribution in [3.63, 3.8) is 0 Å². The topological polar surface area (TPSA) is 9.23 Å². The summed E-state index contributed by atoms with van der Waals surface area (Å²) in [6, 6.07) is 0. The Balaban J connectivity index is 1.63. The van der Waals surface area contributed by atoms with Crippen molar-refractivity contribution in [2.45, 2.75) is 110 Å². The molecule has 0 amide bonds. The fraction of sp³-hybridized carbons (Fsp3) is 0.846. The smallest absolute Gasteiger partial charge is 0.193 e. The van der Waals surface area contributed by atoms with Crippen LogP contribution in [0, 0.1) is 29.1 Å². The van der Waals surface area contributed by atoms with E-state index in [-0.39, 0.29) is 10.6 Å². The van der Waals surface area contributed by atoms with Crippen LogP contribution in [0.5, 0.6) is 0 Å². The summed E-state index contributed by atoms with van der Waals surface area (Å²) < 4.78 is 6.86. The van der Waals surface area contributed by atoms with Crippen LogP contribution in [0.3, 0.4) is 0 Å². The van der Waals surface area contributed by atoms with Gasteiger partial charge in [0.2, 0.25) is 0 Å². The van der Waals surface area contributed by atoms with Gasteiger partial charge >= 0.3 is 0 Å². The summed E-state index contributed by atoms with van der Waals surface area (Å²) in [6.45, 7) is 19.3. The van der Waals surface area contributed by atoms with Crippen molar-refractivity contribution < 1.29 is 4.43 Å². The molecule has 0 radical (unpaired) electrons. The Kier molecular flexibility index (Phi) is 6.76. The zero-order valence-electron chi connectivity index (χ0n) is 20.3. The molecule has 0 bridgehead atoms. The molecule has 2 fully saturated rings. The van der Waals surface area contributed by atoms with Gasteiger partial charge in [0.25, 0.3) is 0 Å². The first kappa shape index (κ1) is 23.8. The highest BCUT2D eigenvalue weighted by molar-refractivity contribution is 9.11. The third kappa shape index (κ3) is 4.67. The predicted molar refractivity (Wildman–Crippen MR) is 133 cm³/mol. The molecular weight excluding hydrogens is 436 g/mol. The van der Waals surface area contributed by atoms with Gasteiger partial charge in [-0.15, -0.1) is 0 Å².